The van der Waals surface area contributed by atoms with Gasteiger partial charge in [-0.2, -0.15) is 0 Å². The third kappa shape index (κ3) is 7.25. The van der Waals surface area contributed by atoms with E-state index in [1.807, 2.05) is 13.8 Å². The van der Waals surface area contributed by atoms with Gasteiger partial charge in [-0.1, -0.05) is 13.8 Å². The fourth-order valence-corrected chi connectivity index (χ4v) is 4.03. The van der Waals surface area contributed by atoms with Crippen molar-refractivity contribution >= 4 is 17.6 Å². The first kappa shape index (κ1) is 28.5. The molecule has 0 spiro atoms. The third-order valence-corrected chi connectivity index (χ3v) is 5.91. The molecule has 0 saturated heterocycles. The summed E-state index contributed by atoms with van der Waals surface area (Å²) in [7, 11) is 0. The van der Waals surface area contributed by atoms with E-state index in [1.165, 1.54) is 6.07 Å². The van der Waals surface area contributed by atoms with Crippen molar-refractivity contribution in [2.24, 2.45) is 11.8 Å². The van der Waals surface area contributed by atoms with Crippen molar-refractivity contribution in [1.82, 2.24) is 9.88 Å². The maximum Gasteiger partial charge on any atom is 0.307 e. The number of rotatable bonds is 13. The van der Waals surface area contributed by atoms with Crippen molar-refractivity contribution in [2.45, 2.75) is 26.7 Å². The largest absolute Gasteiger partial charge is 0.494 e. The summed E-state index contributed by atoms with van der Waals surface area (Å²) in [5.41, 5.74) is 5.56. The molecule has 0 aliphatic rings. The van der Waals surface area contributed by atoms with Crippen LogP contribution in [0.25, 0.3) is 5.69 Å². The van der Waals surface area contributed by atoms with Gasteiger partial charge < -0.3 is 20.9 Å². The van der Waals surface area contributed by atoms with E-state index >= 15 is 0 Å². The summed E-state index contributed by atoms with van der Waals surface area (Å²) < 4.78 is 34.2. The number of anilines is 1. The van der Waals surface area contributed by atoms with Gasteiger partial charge in [0, 0.05) is 18.7 Å². The van der Waals surface area contributed by atoms with Crippen LogP contribution >= 0.6 is 0 Å². The number of nitrogens with one attached hydrogen (secondary N) is 1. The molecule has 0 fully saturated rings. The number of ketones is 1. The number of carbonyl (C=O) groups excluding carboxylic acids is 1. The number of hydrogen-bond donors (Lipinski definition) is 3. The zero-order valence-corrected chi connectivity index (χ0v) is 21.2. The van der Waals surface area contributed by atoms with Crippen molar-refractivity contribution in [3.8, 4) is 11.4 Å². The Hall–Kier alpha value is -4.05. The van der Waals surface area contributed by atoms with Crippen molar-refractivity contribution in [1.29, 1.82) is 0 Å². The van der Waals surface area contributed by atoms with Crippen LogP contribution in [0.4, 0.5) is 14.6 Å². The van der Waals surface area contributed by atoms with Gasteiger partial charge in [0.1, 0.15) is 23.2 Å². The molecule has 3 rings (SSSR count). The Morgan fingerprint density at radius 2 is 1.74 bits per heavy atom. The molecule has 10 heteroatoms. The third-order valence-electron chi connectivity index (χ3n) is 5.91. The van der Waals surface area contributed by atoms with Gasteiger partial charge in [0.2, 0.25) is 0 Å². The number of hydrogen-bond acceptors (Lipinski definition) is 6. The smallest absolute Gasteiger partial charge is 0.307 e. The van der Waals surface area contributed by atoms with Gasteiger partial charge in [0.25, 0.3) is 5.56 Å². The first-order valence-electron chi connectivity index (χ1n) is 12.3. The number of nitrogen functional groups attached to an aromatic ring is 1. The van der Waals surface area contributed by atoms with Crippen LogP contribution in [-0.2, 0) is 4.79 Å². The summed E-state index contributed by atoms with van der Waals surface area (Å²) in [4.78, 5) is 36.7. The fraction of sp³-hybridized carbons (Fsp3) is 0.321. The van der Waals surface area contributed by atoms with Gasteiger partial charge in [-0.05, 0) is 67.8 Å². The van der Waals surface area contributed by atoms with E-state index in [9.17, 15) is 28.3 Å². The monoisotopic (exact) mass is 527 g/mol. The Morgan fingerprint density at radius 1 is 1.05 bits per heavy atom. The average Bonchev–Trinajstić information content (AvgIpc) is 2.85. The molecule has 0 bridgehead atoms. The molecule has 1 aromatic heterocycles. The zero-order valence-electron chi connectivity index (χ0n) is 21.2. The molecule has 1 heterocycles. The first-order chi connectivity index (χ1) is 18.1. The molecular formula is C28H31F2N3O5. The highest BCUT2D eigenvalue weighted by molar-refractivity contribution is 6.11. The maximum atomic E-state index is 14.1. The van der Waals surface area contributed by atoms with Crippen LogP contribution in [0.15, 0.2) is 59.4 Å². The molecule has 2 aromatic carbocycles. The number of benzene rings is 2. The van der Waals surface area contributed by atoms with E-state index in [-0.39, 0.29) is 16.9 Å². The number of pyridine rings is 1. The number of ether oxygens (including phenoxy) is 1. The molecule has 4 N–H and O–H groups in total. The van der Waals surface area contributed by atoms with E-state index in [4.69, 9.17) is 10.5 Å². The standard InChI is InChI=1S/C28H31F2N3O5/c1-17(2)14-18(28(36)37)16-32-12-3-13-38-21-7-5-20(6-8-21)33-25(34)11-10-23(27(33)31)26(35)22-9-4-19(29)15-24(22)30/h4-11,15,17-18,32H,3,12-14,16,31H2,1-2H3,(H,36,37)/t18-/m1/s1. The predicted molar refractivity (Wildman–Crippen MR) is 140 cm³/mol. The molecule has 0 saturated carbocycles. The summed E-state index contributed by atoms with van der Waals surface area (Å²) in [6.07, 6.45) is 1.27. The van der Waals surface area contributed by atoms with Gasteiger partial charge in [0.05, 0.1) is 29.3 Å². The number of nitrogens with two attached hydrogens (primary N) is 1. The molecule has 3 aromatic rings. The zero-order chi connectivity index (χ0) is 27.8. The van der Waals surface area contributed by atoms with E-state index in [0.29, 0.717) is 56.0 Å². The minimum Gasteiger partial charge on any atom is -0.494 e. The predicted octanol–water partition coefficient (Wildman–Crippen LogP) is 4.03. The lowest BCUT2D eigenvalue weighted by molar-refractivity contribution is -0.142. The number of nitrogens with zero attached hydrogens (tertiary/aromatic N) is 1. The summed E-state index contributed by atoms with van der Waals surface area (Å²) in [5, 5.41) is 12.4. The van der Waals surface area contributed by atoms with E-state index < -0.39 is 34.9 Å². The second-order valence-corrected chi connectivity index (χ2v) is 9.32. The van der Waals surface area contributed by atoms with Crippen LogP contribution in [0.2, 0.25) is 0 Å². The lowest BCUT2D eigenvalue weighted by Gasteiger charge is -2.15. The summed E-state index contributed by atoms with van der Waals surface area (Å²) >= 11 is 0. The van der Waals surface area contributed by atoms with Gasteiger partial charge >= 0.3 is 5.97 Å². The molecular weight excluding hydrogens is 496 g/mol. The minimum absolute atomic E-state index is 0.0959. The van der Waals surface area contributed by atoms with Crippen LogP contribution in [0.5, 0.6) is 5.75 Å². The molecule has 0 unspecified atom stereocenters. The molecule has 38 heavy (non-hydrogen) atoms. The molecule has 0 aliphatic heterocycles. The Labute approximate surface area is 219 Å². The fourth-order valence-electron chi connectivity index (χ4n) is 4.03. The second kappa shape index (κ2) is 13.0. The summed E-state index contributed by atoms with van der Waals surface area (Å²) in [6, 6.07) is 11.5. The van der Waals surface area contributed by atoms with Gasteiger partial charge in [-0.3, -0.25) is 19.0 Å². The average molecular weight is 528 g/mol. The summed E-state index contributed by atoms with van der Waals surface area (Å²) in [6.45, 7) is 5.37. The molecule has 202 valence electrons. The Morgan fingerprint density at radius 3 is 2.37 bits per heavy atom. The van der Waals surface area contributed by atoms with Crippen LogP contribution in [-0.4, -0.2) is 41.1 Å². The highest BCUT2D eigenvalue weighted by Crippen LogP contribution is 2.22. The van der Waals surface area contributed by atoms with Crippen molar-refractivity contribution in [2.75, 3.05) is 25.4 Å². The van der Waals surface area contributed by atoms with Crippen LogP contribution in [0.3, 0.4) is 0 Å². The number of carbonyl (C=O) groups is 2. The van der Waals surface area contributed by atoms with Gasteiger partial charge in [-0.25, -0.2) is 8.78 Å². The van der Waals surface area contributed by atoms with Gasteiger partial charge in [0.15, 0.2) is 5.78 Å². The SMILES string of the molecule is CC(C)C[C@H](CNCCCOc1ccc(-n2c(N)c(C(=O)c3ccc(F)cc3F)ccc2=O)cc1)C(=O)O. The quantitative estimate of drug-likeness (QED) is 0.226. The van der Waals surface area contributed by atoms with Crippen molar-refractivity contribution in [3.63, 3.8) is 0 Å². The first-order valence-corrected chi connectivity index (χ1v) is 12.3. The van der Waals surface area contributed by atoms with E-state index in [1.54, 1.807) is 24.3 Å². The molecule has 0 radical (unpaired) electrons. The normalized spacial score (nSPS) is 11.9. The van der Waals surface area contributed by atoms with Crippen molar-refractivity contribution in [3.05, 3.63) is 87.7 Å². The van der Waals surface area contributed by atoms with Crippen LogP contribution in [0, 0.1) is 23.5 Å². The number of carboxylic acids is 1. The number of aliphatic carboxylic acids is 1. The Kier molecular flexibility index (Phi) is 9.72. The minimum atomic E-state index is -1.03. The number of aromatic nitrogens is 1. The molecule has 1 atom stereocenters. The number of carboxylic acid groups (broad SMARTS) is 1. The lowest BCUT2D eigenvalue weighted by Crippen LogP contribution is -2.30. The maximum absolute atomic E-state index is 14.1. The Bertz CT molecular complexity index is 1340. The van der Waals surface area contributed by atoms with E-state index in [0.717, 1.165) is 22.8 Å². The Balaban J connectivity index is 1.62. The summed E-state index contributed by atoms with van der Waals surface area (Å²) in [5.74, 6) is -3.18. The number of halogens is 2. The lowest BCUT2D eigenvalue weighted by atomic mass is 9.97. The topological polar surface area (TPSA) is 124 Å². The second-order valence-electron chi connectivity index (χ2n) is 9.32. The van der Waals surface area contributed by atoms with E-state index in [2.05, 4.69) is 5.32 Å². The highest BCUT2D eigenvalue weighted by atomic mass is 19.1. The van der Waals surface area contributed by atoms with Crippen LogP contribution < -0.4 is 21.3 Å². The molecule has 8 nitrogen and oxygen atoms in total. The van der Waals surface area contributed by atoms with Crippen LogP contribution in [0.1, 0.15) is 42.6 Å². The van der Waals surface area contributed by atoms with Crippen molar-refractivity contribution < 1.29 is 28.2 Å². The van der Waals surface area contributed by atoms with Gasteiger partial charge in [-0.15, -0.1) is 0 Å². The molecule has 0 amide bonds. The highest BCUT2D eigenvalue weighted by Gasteiger charge is 2.20. The molecule has 0 aliphatic carbocycles.